The topological polar surface area (TPSA) is 46.4 Å². The minimum atomic E-state index is 0.856. The first-order chi connectivity index (χ1) is 10.7. The number of aryl methyl sites for hydroxylation is 2. The van der Waals surface area contributed by atoms with Crippen molar-refractivity contribution in [3.63, 3.8) is 0 Å². The third kappa shape index (κ3) is 2.08. The van der Waals surface area contributed by atoms with Gasteiger partial charge in [-0.15, -0.1) is 0 Å². The Bertz CT molecular complexity index is 998. The van der Waals surface area contributed by atoms with Crippen LogP contribution >= 0.6 is 11.3 Å². The van der Waals surface area contributed by atoms with Crippen molar-refractivity contribution in [2.75, 3.05) is 0 Å². The predicted molar refractivity (Wildman–Crippen MR) is 87.9 cm³/mol. The summed E-state index contributed by atoms with van der Waals surface area (Å²) < 4.78 is 5.14. The molecule has 0 aliphatic heterocycles. The van der Waals surface area contributed by atoms with Gasteiger partial charge < -0.3 is 0 Å². The Morgan fingerprint density at radius 1 is 1.14 bits per heavy atom. The maximum absolute atomic E-state index is 4.39. The van der Waals surface area contributed by atoms with E-state index in [-0.39, 0.29) is 0 Å². The summed E-state index contributed by atoms with van der Waals surface area (Å²) in [5, 5.41) is 15.0. The molecular weight excluding hydrogens is 294 g/mol. The molecule has 0 saturated carbocycles. The number of benzene rings is 2. The highest BCUT2D eigenvalue weighted by atomic mass is 32.1. The summed E-state index contributed by atoms with van der Waals surface area (Å²) in [7, 11) is 3.97. The molecule has 0 aliphatic rings. The molecule has 2 heterocycles. The molecule has 4 rings (SSSR count). The lowest BCUT2D eigenvalue weighted by molar-refractivity contribution is -0.627. The fraction of sp³-hybridized carbons (Fsp3) is 0.125. The van der Waals surface area contributed by atoms with E-state index in [2.05, 4.69) is 32.0 Å². The normalized spacial score (nSPS) is 11.9. The molecule has 6 heteroatoms. The van der Waals surface area contributed by atoms with Crippen LogP contribution in [-0.2, 0) is 14.1 Å². The van der Waals surface area contributed by atoms with Gasteiger partial charge >= 0.3 is 5.13 Å². The van der Waals surface area contributed by atoms with Crippen molar-refractivity contribution >= 4 is 43.3 Å². The smallest absolute Gasteiger partial charge is 0.268 e. The zero-order valence-electron chi connectivity index (χ0n) is 12.3. The Labute approximate surface area is 131 Å². The van der Waals surface area contributed by atoms with Crippen LogP contribution in [0.2, 0.25) is 0 Å². The van der Waals surface area contributed by atoms with Crippen LogP contribution < -0.4 is 4.57 Å². The van der Waals surface area contributed by atoms with E-state index in [1.807, 2.05) is 55.3 Å². The average molecular weight is 308 g/mol. The van der Waals surface area contributed by atoms with Crippen LogP contribution in [0.4, 0.5) is 10.8 Å². The molecule has 0 amide bonds. The van der Waals surface area contributed by atoms with Gasteiger partial charge in [-0.25, -0.2) is 4.57 Å². The van der Waals surface area contributed by atoms with E-state index in [1.54, 1.807) is 11.3 Å². The number of azo groups is 1. The van der Waals surface area contributed by atoms with Crippen molar-refractivity contribution in [2.45, 2.75) is 0 Å². The first-order valence-corrected chi connectivity index (χ1v) is 7.75. The van der Waals surface area contributed by atoms with Crippen LogP contribution in [-0.4, -0.2) is 9.78 Å². The summed E-state index contributed by atoms with van der Waals surface area (Å²) in [4.78, 5) is 0. The molecule has 2 aromatic carbocycles. The van der Waals surface area contributed by atoms with Gasteiger partial charge in [0, 0.05) is 18.5 Å². The van der Waals surface area contributed by atoms with Gasteiger partial charge in [0.2, 0.25) is 0 Å². The Morgan fingerprint density at radius 2 is 1.95 bits per heavy atom. The Kier molecular flexibility index (Phi) is 2.97. The third-order valence-corrected chi connectivity index (χ3v) is 4.77. The van der Waals surface area contributed by atoms with Gasteiger partial charge in [0.1, 0.15) is 11.2 Å². The van der Waals surface area contributed by atoms with Crippen molar-refractivity contribution in [3.8, 4) is 0 Å². The molecule has 5 nitrogen and oxygen atoms in total. The summed E-state index contributed by atoms with van der Waals surface area (Å²) in [6, 6.07) is 14.1. The molecule has 0 bridgehead atoms. The predicted octanol–water partition coefficient (Wildman–Crippen LogP) is 4.03. The Hall–Kier alpha value is -2.60. The second-order valence-corrected chi connectivity index (χ2v) is 6.14. The standard InChI is InChI=1S/C16H14N5S/c1-20-14-9-13-11(10-17-21(13)2)8-15(14)22-16(20)19-18-12-6-4-3-5-7-12/h3-10H,1-2H3/q+1. The van der Waals surface area contributed by atoms with Crippen LogP contribution in [0.3, 0.4) is 0 Å². The highest BCUT2D eigenvalue weighted by Crippen LogP contribution is 2.30. The molecule has 0 unspecified atom stereocenters. The van der Waals surface area contributed by atoms with E-state index in [4.69, 9.17) is 0 Å². The van der Waals surface area contributed by atoms with Crippen LogP contribution in [0.15, 0.2) is 58.9 Å². The van der Waals surface area contributed by atoms with Gasteiger partial charge in [-0.3, -0.25) is 4.68 Å². The average Bonchev–Trinajstić information content (AvgIpc) is 3.06. The molecule has 0 saturated heterocycles. The number of aromatic nitrogens is 3. The van der Waals surface area contributed by atoms with Gasteiger partial charge in [-0.2, -0.15) is 5.10 Å². The molecule has 0 spiro atoms. The largest absolute Gasteiger partial charge is 0.409 e. The van der Waals surface area contributed by atoms with E-state index in [9.17, 15) is 0 Å². The minimum absolute atomic E-state index is 0.856. The van der Waals surface area contributed by atoms with Crippen LogP contribution in [0, 0.1) is 0 Å². The molecular formula is C16H14N5S+. The highest BCUT2D eigenvalue weighted by molar-refractivity contribution is 7.21. The lowest BCUT2D eigenvalue weighted by atomic mass is 10.2. The number of hydrogen-bond donors (Lipinski definition) is 0. The first kappa shape index (κ1) is 13.1. The third-order valence-electron chi connectivity index (χ3n) is 3.68. The van der Waals surface area contributed by atoms with Crippen LogP contribution in [0.25, 0.3) is 21.1 Å². The summed E-state index contributed by atoms with van der Waals surface area (Å²) in [6.07, 6.45) is 1.89. The summed E-state index contributed by atoms with van der Waals surface area (Å²) in [6.45, 7) is 0. The Morgan fingerprint density at radius 3 is 2.77 bits per heavy atom. The lowest BCUT2D eigenvalue weighted by Crippen LogP contribution is -2.25. The van der Waals surface area contributed by atoms with E-state index in [1.165, 1.54) is 4.70 Å². The van der Waals surface area contributed by atoms with Crippen molar-refractivity contribution in [3.05, 3.63) is 48.7 Å². The van der Waals surface area contributed by atoms with E-state index in [0.717, 1.165) is 27.2 Å². The SMILES string of the molecule is Cn1ncc2cc3sc(N=Nc4ccccc4)[n+](C)c3cc21. The maximum atomic E-state index is 4.39. The monoisotopic (exact) mass is 308 g/mol. The Balaban J connectivity index is 1.83. The minimum Gasteiger partial charge on any atom is -0.268 e. The summed E-state index contributed by atoms with van der Waals surface area (Å²) in [5.41, 5.74) is 3.12. The van der Waals surface area contributed by atoms with Crippen molar-refractivity contribution in [1.82, 2.24) is 9.78 Å². The highest BCUT2D eigenvalue weighted by Gasteiger charge is 2.17. The number of rotatable bonds is 2. The molecule has 0 N–H and O–H groups in total. The number of hydrogen-bond acceptors (Lipinski definition) is 4. The molecule has 22 heavy (non-hydrogen) atoms. The first-order valence-electron chi connectivity index (χ1n) is 6.93. The zero-order chi connectivity index (χ0) is 15.1. The fourth-order valence-electron chi connectivity index (χ4n) is 2.46. The lowest BCUT2D eigenvalue weighted by Gasteiger charge is -1.94. The molecule has 4 aromatic rings. The quantitative estimate of drug-likeness (QED) is 0.407. The van der Waals surface area contributed by atoms with Crippen molar-refractivity contribution in [2.24, 2.45) is 24.3 Å². The van der Waals surface area contributed by atoms with Crippen molar-refractivity contribution < 1.29 is 4.57 Å². The number of thiazole rings is 1. The molecule has 2 aromatic heterocycles. The molecule has 0 aliphatic carbocycles. The maximum Gasteiger partial charge on any atom is 0.409 e. The zero-order valence-corrected chi connectivity index (χ0v) is 13.1. The summed E-state index contributed by atoms with van der Waals surface area (Å²) >= 11 is 1.63. The van der Waals surface area contributed by atoms with Gasteiger partial charge in [0.15, 0.2) is 0 Å². The van der Waals surface area contributed by atoms with Gasteiger partial charge in [-0.05, 0) is 34.7 Å². The van der Waals surface area contributed by atoms with Gasteiger partial charge in [0.05, 0.1) is 28.6 Å². The molecule has 0 radical (unpaired) electrons. The van der Waals surface area contributed by atoms with Gasteiger partial charge in [-0.1, -0.05) is 18.2 Å². The summed E-state index contributed by atoms with van der Waals surface area (Å²) in [5.74, 6) is 0. The second kappa shape index (κ2) is 4.99. The molecule has 0 fully saturated rings. The second-order valence-electron chi connectivity index (χ2n) is 5.13. The van der Waals surface area contributed by atoms with Gasteiger partial charge in [0.25, 0.3) is 0 Å². The van der Waals surface area contributed by atoms with Crippen LogP contribution in [0.1, 0.15) is 0 Å². The molecule has 0 atom stereocenters. The van der Waals surface area contributed by atoms with Crippen LogP contribution in [0.5, 0.6) is 0 Å². The number of fused-ring (bicyclic) bond motifs is 2. The fourth-order valence-corrected chi connectivity index (χ4v) is 3.46. The van der Waals surface area contributed by atoms with Crippen molar-refractivity contribution in [1.29, 1.82) is 0 Å². The number of nitrogens with zero attached hydrogens (tertiary/aromatic N) is 5. The molecule has 108 valence electrons. The van der Waals surface area contributed by atoms with E-state index >= 15 is 0 Å². The van der Waals surface area contributed by atoms with E-state index in [0.29, 0.717) is 0 Å². The van der Waals surface area contributed by atoms with E-state index < -0.39 is 0 Å².